The fourth-order valence-electron chi connectivity index (χ4n) is 1.40. The quantitative estimate of drug-likeness (QED) is 0.535. The first-order valence-corrected chi connectivity index (χ1v) is 6.64. The molecule has 0 aromatic heterocycles. The van der Waals surface area contributed by atoms with Crippen LogP contribution in [0, 0.1) is 0 Å². The van der Waals surface area contributed by atoms with Crippen molar-refractivity contribution < 1.29 is 18.3 Å². The number of nitrogens with one attached hydrogen (secondary N) is 1. The first-order valence-electron chi connectivity index (χ1n) is 4.99. The van der Waals surface area contributed by atoms with Crippen LogP contribution < -0.4 is 10.5 Å². The summed E-state index contributed by atoms with van der Waals surface area (Å²) in [6.07, 6.45) is 1.52. The van der Waals surface area contributed by atoms with E-state index in [9.17, 15) is 8.42 Å². The molecule has 1 aliphatic heterocycles. The summed E-state index contributed by atoms with van der Waals surface area (Å²) in [7, 11) is -3.36. The van der Waals surface area contributed by atoms with Gasteiger partial charge in [0.25, 0.3) is 0 Å². The van der Waals surface area contributed by atoms with Crippen molar-refractivity contribution in [3.05, 3.63) is 0 Å². The molecule has 0 bridgehead atoms. The first kappa shape index (κ1) is 12.9. The van der Waals surface area contributed by atoms with Gasteiger partial charge in [0.05, 0.1) is 25.1 Å². The molecule has 0 unspecified atom stereocenters. The summed E-state index contributed by atoms with van der Waals surface area (Å²) in [5, 5.41) is 8.51. The Morgan fingerprint density at radius 2 is 2.20 bits per heavy atom. The standard InChI is InChI=1S/C8H18N2O4S/c9-7-1-2-8(14-6-7)5-10-15(12,13)4-3-11/h7-8,10-11H,1-6,9H2/t7-,8+/m1/s1. The molecule has 2 atom stereocenters. The topological polar surface area (TPSA) is 102 Å². The second-order valence-electron chi connectivity index (χ2n) is 3.68. The van der Waals surface area contributed by atoms with E-state index < -0.39 is 10.0 Å². The van der Waals surface area contributed by atoms with Crippen molar-refractivity contribution in [2.75, 3.05) is 25.5 Å². The van der Waals surface area contributed by atoms with Crippen LogP contribution in [-0.4, -0.2) is 51.2 Å². The molecule has 7 heteroatoms. The maximum absolute atomic E-state index is 11.2. The summed E-state index contributed by atoms with van der Waals surface area (Å²) >= 11 is 0. The van der Waals surface area contributed by atoms with Crippen LogP contribution in [0.4, 0.5) is 0 Å². The van der Waals surface area contributed by atoms with Crippen LogP contribution in [0.15, 0.2) is 0 Å². The van der Waals surface area contributed by atoms with Gasteiger partial charge in [0.1, 0.15) is 0 Å². The Morgan fingerprint density at radius 3 is 2.73 bits per heavy atom. The summed E-state index contributed by atoms with van der Waals surface area (Å²) < 4.78 is 30.1. The maximum atomic E-state index is 11.2. The fourth-order valence-corrected chi connectivity index (χ4v) is 2.22. The molecule has 0 amide bonds. The molecule has 15 heavy (non-hydrogen) atoms. The van der Waals surface area contributed by atoms with Crippen LogP contribution in [0.1, 0.15) is 12.8 Å². The van der Waals surface area contributed by atoms with Crippen molar-refractivity contribution in [1.29, 1.82) is 0 Å². The lowest BCUT2D eigenvalue weighted by Crippen LogP contribution is -2.42. The van der Waals surface area contributed by atoms with Gasteiger partial charge in [0.15, 0.2) is 0 Å². The SMILES string of the molecule is N[C@@H]1CC[C@@H](CNS(=O)(=O)CCO)OC1. The monoisotopic (exact) mass is 238 g/mol. The predicted molar refractivity (Wildman–Crippen MR) is 55.8 cm³/mol. The van der Waals surface area contributed by atoms with E-state index >= 15 is 0 Å². The molecule has 0 aromatic carbocycles. The third-order valence-corrected chi connectivity index (χ3v) is 3.62. The van der Waals surface area contributed by atoms with Crippen molar-refractivity contribution in [3.63, 3.8) is 0 Å². The first-order chi connectivity index (χ1) is 7.03. The van der Waals surface area contributed by atoms with Crippen LogP contribution >= 0.6 is 0 Å². The van der Waals surface area contributed by atoms with E-state index in [1.807, 2.05) is 0 Å². The minimum absolute atomic E-state index is 0.0651. The molecular formula is C8H18N2O4S. The number of aliphatic hydroxyl groups excluding tert-OH is 1. The van der Waals surface area contributed by atoms with Gasteiger partial charge in [-0.2, -0.15) is 0 Å². The lowest BCUT2D eigenvalue weighted by atomic mass is 10.1. The van der Waals surface area contributed by atoms with E-state index in [1.54, 1.807) is 0 Å². The highest BCUT2D eigenvalue weighted by Gasteiger charge is 2.20. The minimum Gasteiger partial charge on any atom is -0.395 e. The van der Waals surface area contributed by atoms with Crippen molar-refractivity contribution in [2.45, 2.75) is 25.0 Å². The van der Waals surface area contributed by atoms with Crippen molar-refractivity contribution >= 4 is 10.0 Å². The summed E-state index contributed by atoms with van der Waals surface area (Å²) in [6, 6.07) is 0.0651. The van der Waals surface area contributed by atoms with Crippen molar-refractivity contribution in [2.24, 2.45) is 5.73 Å². The Balaban J connectivity index is 2.25. The summed E-state index contributed by atoms with van der Waals surface area (Å²) in [5.41, 5.74) is 5.63. The number of rotatable bonds is 5. The zero-order valence-corrected chi connectivity index (χ0v) is 9.37. The highest BCUT2D eigenvalue weighted by atomic mass is 32.2. The molecule has 4 N–H and O–H groups in total. The Kier molecular flexibility index (Phi) is 4.94. The Hall–Kier alpha value is -0.210. The lowest BCUT2D eigenvalue weighted by Gasteiger charge is -2.26. The zero-order chi connectivity index (χ0) is 11.3. The molecule has 0 saturated carbocycles. The fraction of sp³-hybridized carbons (Fsp3) is 1.00. The van der Waals surface area contributed by atoms with Crippen molar-refractivity contribution in [1.82, 2.24) is 4.72 Å². The number of ether oxygens (including phenoxy) is 1. The molecule has 0 radical (unpaired) electrons. The van der Waals surface area contributed by atoms with E-state index in [-0.39, 0.29) is 31.1 Å². The number of nitrogens with two attached hydrogens (primary N) is 1. The molecule has 90 valence electrons. The summed E-state index contributed by atoms with van der Waals surface area (Å²) in [6.45, 7) is 0.368. The van der Waals surface area contributed by atoms with E-state index in [1.165, 1.54) is 0 Å². The van der Waals surface area contributed by atoms with E-state index in [4.69, 9.17) is 15.6 Å². The van der Waals surface area contributed by atoms with E-state index in [0.717, 1.165) is 12.8 Å². The van der Waals surface area contributed by atoms with Crippen molar-refractivity contribution in [3.8, 4) is 0 Å². The zero-order valence-electron chi connectivity index (χ0n) is 8.55. The van der Waals surface area contributed by atoms with Crippen LogP contribution in [-0.2, 0) is 14.8 Å². The highest BCUT2D eigenvalue weighted by molar-refractivity contribution is 7.89. The number of sulfonamides is 1. The van der Waals surface area contributed by atoms with Gasteiger partial charge in [-0.1, -0.05) is 0 Å². The smallest absolute Gasteiger partial charge is 0.213 e. The lowest BCUT2D eigenvalue weighted by molar-refractivity contribution is 0.00922. The van der Waals surface area contributed by atoms with Crippen LogP contribution in [0.5, 0.6) is 0 Å². The second kappa shape index (κ2) is 5.76. The van der Waals surface area contributed by atoms with Gasteiger partial charge < -0.3 is 15.6 Å². The van der Waals surface area contributed by atoms with Gasteiger partial charge in [-0.15, -0.1) is 0 Å². The van der Waals surface area contributed by atoms with Gasteiger partial charge in [0.2, 0.25) is 10.0 Å². The van der Waals surface area contributed by atoms with Gasteiger partial charge in [-0.25, -0.2) is 13.1 Å². The third-order valence-electron chi connectivity index (χ3n) is 2.30. The Bertz CT molecular complexity index is 272. The van der Waals surface area contributed by atoms with E-state index in [2.05, 4.69) is 4.72 Å². The average molecular weight is 238 g/mol. The van der Waals surface area contributed by atoms with Gasteiger partial charge >= 0.3 is 0 Å². The molecule has 1 saturated heterocycles. The molecule has 1 heterocycles. The number of aliphatic hydroxyl groups is 1. The molecule has 0 aromatic rings. The molecule has 1 aliphatic rings. The normalized spacial score (nSPS) is 27.9. The van der Waals surface area contributed by atoms with Gasteiger partial charge in [-0.3, -0.25) is 0 Å². The predicted octanol–water partition coefficient (Wildman–Crippen LogP) is -1.60. The Labute approximate surface area is 89.8 Å². The highest BCUT2D eigenvalue weighted by Crippen LogP contribution is 2.11. The largest absolute Gasteiger partial charge is 0.395 e. The van der Waals surface area contributed by atoms with Crippen LogP contribution in [0.2, 0.25) is 0 Å². The molecule has 0 spiro atoms. The molecule has 1 rings (SSSR count). The molecule has 1 fully saturated rings. The molecule has 0 aliphatic carbocycles. The van der Waals surface area contributed by atoms with Crippen LogP contribution in [0.25, 0.3) is 0 Å². The summed E-state index contributed by atoms with van der Waals surface area (Å²) in [5.74, 6) is -0.265. The molecular weight excluding hydrogens is 220 g/mol. The Morgan fingerprint density at radius 1 is 1.47 bits per heavy atom. The minimum atomic E-state index is -3.36. The average Bonchev–Trinajstić information content (AvgIpc) is 2.17. The molecule has 6 nitrogen and oxygen atoms in total. The van der Waals surface area contributed by atoms with Crippen LogP contribution in [0.3, 0.4) is 0 Å². The van der Waals surface area contributed by atoms with Gasteiger partial charge in [-0.05, 0) is 12.8 Å². The third kappa shape index (κ3) is 4.89. The van der Waals surface area contributed by atoms with E-state index in [0.29, 0.717) is 6.61 Å². The maximum Gasteiger partial charge on any atom is 0.213 e. The second-order valence-corrected chi connectivity index (χ2v) is 5.61. The summed E-state index contributed by atoms with van der Waals surface area (Å²) in [4.78, 5) is 0. The van der Waals surface area contributed by atoms with Gasteiger partial charge in [0, 0.05) is 12.6 Å². The number of hydrogen-bond acceptors (Lipinski definition) is 5. The number of hydrogen-bond donors (Lipinski definition) is 3.